The van der Waals surface area contributed by atoms with Gasteiger partial charge in [-0.15, -0.1) is 0 Å². The van der Waals surface area contributed by atoms with Crippen LogP contribution in [0.25, 0.3) is 5.52 Å². The molecule has 0 aromatic carbocycles. The smallest absolute Gasteiger partial charge is 0.450 e. The number of hydrogen-bond donors (Lipinski definition) is 0. The number of fused-ring (bicyclic) bond motifs is 1. The molecule has 0 fully saturated rings. The second-order valence-electron chi connectivity index (χ2n) is 3.92. The summed E-state index contributed by atoms with van der Waals surface area (Å²) in [6.45, 7) is 1.83. The lowest BCUT2D eigenvalue weighted by Gasteiger charge is -2.06. The summed E-state index contributed by atoms with van der Waals surface area (Å²) in [6.07, 6.45) is -2.72. The number of ether oxygens (including phenoxy) is 1. The van der Waals surface area contributed by atoms with Crippen molar-refractivity contribution in [2.75, 3.05) is 7.11 Å². The summed E-state index contributed by atoms with van der Waals surface area (Å²) < 4.78 is 44.0. The molecule has 19 heavy (non-hydrogen) atoms. The van der Waals surface area contributed by atoms with Crippen molar-refractivity contribution in [3.05, 3.63) is 35.4 Å². The molecule has 2 rings (SSSR count). The third-order valence-electron chi connectivity index (χ3n) is 2.74. The van der Waals surface area contributed by atoms with Crippen molar-refractivity contribution < 1.29 is 22.7 Å². The van der Waals surface area contributed by atoms with E-state index in [-0.39, 0.29) is 11.2 Å². The lowest BCUT2D eigenvalue weighted by Crippen LogP contribution is -2.11. The largest absolute Gasteiger partial charge is 0.464 e. The molecule has 2 aromatic rings. The monoisotopic (exact) mass is 272 g/mol. The Bertz CT molecular complexity index is 632. The van der Waals surface area contributed by atoms with Gasteiger partial charge >= 0.3 is 12.1 Å². The zero-order chi connectivity index (χ0) is 14.2. The SMILES string of the molecule is CCc1ccc2c(C(=O)OC)nc(C(F)(F)F)n2c1. The molecule has 0 spiro atoms. The fourth-order valence-corrected chi connectivity index (χ4v) is 1.79. The van der Waals surface area contributed by atoms with Crippen LogP contribution in [0.3, 0.4) is 0 Å². The minimum absolute atomic E-state index is 0.0800. The lowest BCUT2D eigenvalue weighted by atomic mass is 10.2. The van der Waals surface area contributed by atoms with Crippen LogP contribution in [0.5, 0.6) is 0 Å². The predicted octanol–water partition coefficient (Wildman–Crippen LogP) is 2.70. The number of halogens is 3. The van der Waals surface area contributed by atoms with Crippen LogP contribution in [-0.4, -0.2) is 22.5 Å². The molecule has 0 radical (unpaired) electrons. The van der Waals surface area contributed by atoms with Crippen molar-refractivity contribution in [1.29, 1.82) is 0 Å². The second kappa shape index (κ2) is 4.56. The van der Waals surface area contributed by atoms with E-state index >= 15 is 0 Å². The molecule has 4 nitrogen and oxygen atoms in total. The Morgan fingerprint density at radius 1 is 1.42 bits per heavy atom. The van der Waals surface area contributed by atoms with Crippen LogP contribution in [0.4, 0.5) is 13.2 Å². The summed E-state index contributed by atoms with van der Waals surface area (Å²) in [5.74, 6) is -2.02. The van der Waals surface area contributed by atoms with Gasteiger partial charge in [-0.25, -0.2) is 9.78 Å². The summed E-state index contributed by atoms with van der Waals surface area (Å²) in [6, 6.07) is 3.09. The molecule has 0 N–H and O–H groups in total. The van der Waals surface area contributed by atoms with E-state index in [4.69, 9.17) is 0 Å². The van der Waals surface area contributed by atoms with Gasteiger partial charge in [0, 0.05) is 6.20 Å². The summed E-state index contributed by atoms with van der Waals surface area (Å²) in [4.78, 5) is 14.8. The van der Waals surface area contributed by atoms with Gasteiger partial charge in [0.25, 0.3) is 0 Å². The first-order chi connectivity index (χ1) is 8.88. The van der Waals surface area contributed by atoms with Crippen molar-refractivity contribution >= 4 is 11.5 Å². The Hall–Kier alpha value is -2.05. The lowest BCUT2D eigenvalue weighted by molar-refractivity contribution is -0.145. The highest BCUT2D eigenvalue weighted by atomic mass is 19.4. The van der Waals surface area contributed by atoms with Gasteiger partial charge in [0.05, 0.1) is 12.6 Å². The number of aryl methyl sites for hydroxylation is 1. The van der Waals surface area contributed by atoms with Crippen molar-refractivity contribution in [3.63, 3.8) is 0 Å². The number of carbonyl (C=O) groups excluding carboxylic acids is 1. The van der Waals surface area contributed by atoms with Gasteiger partial charge < -0.3 is 4.74 Å². The quantitative estimate of drug-likeness (QED) is 0.789. The Morgan fingerprint density at radius 3 is 2.63 bits per heavy atom. The van der Waals surface area contributed by atoms with E-state index in [0.717, 1.165) is 11.5 Å². The summed E-state index contributed by atoms with van der Waals surface area (Å²) in [5, 5.41) is 0. The molecule has 2 heterocycles. The highest BCUT2D eigenvalue weighted by molar-refractivity contribution is 5.95. The van der Waals surface area contributed by atoms with E-state index in [1.54, 1.807) is 6.07 Å². The van der Waals surface area contributed by atoms with Gasteiger partial charge in [-0.05, 0) is 18.1 Å². The molecule has 0 aliphatic rings. The van der Waals surface area contributed by atoms with Crippen LogP contribution in [-0.2, 0) is 17.3 Å². The van der Waals surface area contributed by atoms with Crippen molar-refractivity contribution in [3.8, 4) is 0 Å². The minimum atomic E-state index is -4.64. The number of nitrogens with zero attached hydrogens (tertiary/aromatic N) is 2. The fraction of sp³-hybridized carbons (Fsp3) is 0.333. The first-order valence-corrected chi connectivity index (χ1v) is 5.55. The molecule has 102 valence electrons. The summed E-state index contributed by atoms with van der Waals surface area (Å²) in [7, 11) is 1.10. The van der Waals surface area contributed by atoms with Gasteiger partial charge in [0.1, 0.15) is 0 Å². The number of imidazole rings is 1. The maximum absolute atomic E-state index is 12.9. The van der Waals surface area contributed by atoms with Gasteiger partial charge in [-0.3, -0.25) is 4.40 Å². The van der Waals surface area contributed by atoms with E-state index in [0.29, 0.717) is 12.0 Å². The Kier molecular flexibility index (Phi) is 3.21. The molecule has 2 aromatic heterocycles. The average Bonchev–Trinajstić information content (AvgIpc) is 2.76. The topological polar surface area (TPSA) is 43.6 Å². The predicted molar refractivity (Wildman–Crippen MR) is 60.9 cm³/mol. The molecular weight excluding hydrogens is 261 g/mol. The number of aromatic nitrogens is 2. The maximum Gasteiger partial charge on any atom is 0.450 e. The highest BCUT2D eigenvalue weighted by Gasteiger charge is 2.38. The number of alkyl halides is 3. The maximum atomic E-state index is 12.9. The highest BCUT2D eigenvalue weighted by Crippen LogP contribution is 2.30. The third kappa shape index (κ3) is 2.27. The summed E-state index contributed by atoms with van der Waals surface area (Å²) in [5.41, 5.74) is 0.459. The zero-order valence-electron chi connectivity index (χ0n) is 10.3. The van der Waals surface area contributed by atoms with E-state index in [1.165, 1.54) is 12.3 Å². The molecule has 7 heteroatoms. The number of hydrogen-bond acceptors (Lipinski definition) is 3. The van der Waals surface area contributed by atoms with Crippen LogP contribution in [0.1, 0.15) is 28.8 Å². The molecule has 0 aliphatic carbocycles. The Morgan fingerprint density at radius 2 is 2.11 bits per heavy atom. The second-order valence-corrected chi connectivity index (χ2v) is 3.92. The van der Waals surface area contributed by atoms with Gasteiger partial charge in [-0.2, -0.15) is 13.2 Å². The summed E-state index contributed by atoms with van der Waals surface area (Å²) >= 11 is 0. The van der Waals surface area contributed by atoms with Gasteiger partial charge in [0.2, 0.25) is 5.82 Å². The number of rotatable bonds is 2. The fourth-order valence-electron chi connectivity index (χ4n) is 1.79. The number of methoxy groups -OCH3 is 1. The van der Waals surface area contributed by atoms with E-state index in [1.807, 2.05) is 6.92 Å². The van der Waals surface area contributed by atoms with Crippen LogP contribution in [0, 0.1) is 0 Å². The van der Waals surface area contributed by atoms with Gasteiger partial charge in [0.15, 0.2) is 5.69 Å². The molecule has 0 amide bonds. The number of esters is 1. The van der Waals surface area contributed by atoms with E-state index < -0.39 is 18.0 Å². The van der Waals surface area contributed by atoms with E-state index in [2.05, 4.69) is 9.72 Å². The molecule has 0 bridgehead atoms. The van der Waals surface area contributed by atoms with Crippen LogP contribution in [0.2, 0.25) is 0 Å². The Labute approximate surface area is 106 Å². The van der Waals surface area contributed by atoms with Crippen molar-refractivity contribution in [2.45, 2.75) is 19.5 Å². The first kappa shape index (κ1) is 13.4. The average molecular weight is 272 g/mol. The molecule has 0 atom stereocenters. The molecular formula is C12H11F3N2O2. The van der Waals surface area contributed by atoms with Crippen LogP contribution >= 0.6 is 0 Å². The third-order valence-corrected chi connectivity index (χ3v) is 2.74. The Balaban J connectivity index is 2.77. The van der Waals surface area contributed by atoms with E-state index in [9.17, 15) is 18.0 Å². The van der Waals surface area contributed by atoms with Crippen molar-refractivity contribution in [1.82, 2.24) is 9.38 Å². The number of carbonyl (C=O) groups is 1. The van der Waals surface area contributed by atoms with Crippen LogP contribution < -0.4 is 0 Å². The normalized spacial score (nSPS) is 11.8. The number of pyridine rings is 1. The molecule has 0 unspecified atom stereocenters. The standard InChI is InChI=1S/C12H11F3N2O2/c1-3-7-4-5-8-9(10(18)19-2)16-11(12(13,14)15)17(8)6-7/h4-6H,3H2,1-2H3. The zero-order valence-corrected chi connectivity index (χ0v) is 10.3. The van der Waals surface area contributed by atoms with Crippen molar-refractivity contribution in [2.24, 2.45) is 0 Å². The molecule has 0 saturated heterocycles. The molecule has 0 saturated carbocycles. The minimum Gasteiger partial charge on any atom is -0.464 e. The van der Waals surface area contributed by atoms with Crippen LogP contribution in [0.15, 0.2) is 18.3 Å². The molecule has 0 aliphatic heterocycles. The first-order valence-electron chi connectivity index (χ1n) is 5.55. The van der Waals surface area contributed by atoms with Gasteiger partial charge in [-0.1, -0.05) is 13.0 Å².